The Bertz CT molecular complexity index is 1190. The molecule has 9 heteroatoms. The van der Waals surface area contributed by atoms with E-state index in [1.165, 1.54) is 22.5 Å². The normalized spacial score (nSPS) is 14.4. The molecule has 1 amide bonds. The van der Waals surface area contributed by atoms with Gasteiger partial charge >= 0.3 is 0 Å². The van der Waals surface area contributed by atoms with Crippen LogP contribution in [0.25, 0.3) is 0 Å². The molecule has 0 atom stereocenters. The number of rotatable bonds is 4. The van der Waals surface area contributed by atoms with Gasteiger partial charge in [-0.05, 0) is 42.7 Å². The second kappa shape index (κ2) is 7.62. The number of sulfonamides is 1. The fourth-order valence-electron chi connectivity index (χ4n) is 3.27. The molecular weight excluding hydrogens is 414 g/mol. The lowest BCUT2D eigenvalue weighted by atomic mass is 10.0. The maximum Gasteiger partial charge on any atom is 0.256 e. The van der Waals surface area contributed by atoms with Gasteiger partial charge in [0.15, 0.2) is 5.82 Å². The average molecular weight is 432 g/mol. The molecule has 1 aliphatic heterocycles. The number of fused-ring (bicyclic) bond motifs is 1. The van der Waals surface area contributed by atoms with Crippen molar-refractivity contribution in [1.82, 2.24) is 9.46 Å². The van der Waals surface area contributed by atoms with Gasteiger partial charge in [-0.25, -0.2) is 8.42 Å². The van der Waals surface area contributed by atoms with E-state index in [4.69, 9.17) is 16.1 Å². The zero-order valence-electron chi connectivity index (χ0n) is 15.6. The largest absolute Gasteiger partial charge is 0.360 e. The molecule has 1 N–H and O–H groups in total. The molecule has 0 bridgehead atoms. The molecule has 2 aromatic carbocycles. The average Bonchev–Trinajstić information content (AvgIpc) is 3.12. The second-order valence-corrected chi connectivity index (χ2v) is 9.09. The van der Waals surface area contributed by atoms with Crippen LogP contribution >= 0.6 is 11.6 Å². The summed E-state index contributed by atoms with van der Waals surface area (Å²) < 4.78 is 32.8. The van der Waals surface area contributed by atoms with Crippen LogP contribution in [-0.2, 0) is 23.0 Å². The highest BCUT2D eigenvalue weighted by molar-refractivity contribution is 7.89. The molecule has 0 spiro atoms. The lowest BCUT2D eigenvalue weighted by Gasteiger charge is -2.28. The fraction of sp³-hybridized carbons (Fsp3) is 0.200. The number of amides is 1. The van der Waals surface area contributed by atoms with Gasteiger partial charge < -0.3 is 9.84 Å². The molecule has 2 heterocycles. The Labute approximate surface area is 173 Å². The van der Waals surface area contributed by atoms with Crippen molar-refractivity contribution in [3.8, 4) is 0 Å². The quantitative estimate of drug-likeness (QED) is 0.680. The summed E-state index contributed by atoms with van der Waals surface area (Å²) in [5.41, 5.74) is 2.26. The molecule has 0 fully saturated rings. The van der Waals surface area contributed by atoms with Gasteiger partial charge in [0.2, 0.25) is 10.0 Å². The highest BCUT2D eigenvalue weighted by Gasteiger charge is 2.30. The number of aryl methyl sites for hydroxylation is 1. The molecule has 0 aliphatic carbocycles. The predicted molar refractivity (Wildman–Crippen MR) is 108 cm³/mol. The zero-order valence-corrected chi connectivity index (χ0v) is 17.1. The fourth-order valence-corrected chi connectivity index (χ4v) is 5.19. The third-order valence-corrected chi connectivity index (χ3v) is 7.10. The third-order valence-electron chi connectivity index (χ3n) is 4.78. The van der Waals surface area contributed by atoms with Crippen LogP contribution in [-0.4, -0.2) is 30.3 Å². The number of nitrogens with one attached hydrogen (secondary N) is 1. The van der Waals surface area contributed by atoms with Crippen LogP contribution in [0.15, 0.2) is 57.9 Å². The standard InChI is InChI=1S/C20H18ClN3O4S/c1-13-10-19(23-28-13)22-20(25)15-6-7-17(21)18(11-15)29(26,27)24-9-8-14-4-2-3-5-16(14)12-24/h2-7,10-11H,8-9,12H2,1H3,(H,22,23,25). The van der Waals surface area contributed by atoms with Gasteiger partial charge in [-0.3, -0.25) is 4.79 Å². The number of nitrogens with zero attached hydrogens (tertiary/aromatic N) is 2. The summed E-state index contributed by atoms with van der Waals surface area (Å²) in [5, 5.41) is 6.35. The van der Waals surface area contributed by atoms with Crippen molar-refractivity contribution in [2.75, 3.05) is 11.9 Å². The summed E-state index contributed by atoms with van der Waals surface area (Å²) in [5.74, 6) is 0.292. The Morgan fingerprint density at radius 2 is 1.93 bits per heavy atom. The van der Waals surface area contributed by atoms with Crippen molar-refractivity contribution >= 4 is 33.3 Å². The first kappa shape index (κ1) is 19.6. The molecule has 7 nitrogen and oxygen atoms in total. The van der Waals surface area contributed by atoms with Gasteiger partial charge in [0.1, 0.15) is 10.7 Å². The number of halogens is 1. The topological polar surface area (TPSA) is 92.5 Å². The van der Waals surface area contributed by atoms with Crippen LogP contribution in [0.5, 0.6) is 0 Å². The van der Waals surface area contributed by atoms with E-state index in [0.29, 0.717) is 18.7 Å². The first-order valence-corrected chi connectivity index (χ1v) is 10.8. The molecule has 0 radical (unpaired) electrons. The summed E-state index contributed by atoms with van der Waals surface area (Å²) in [6, 6.07) is 13.5. The van der Waals surface area contributed by atoms with Crippen LogP contribution in [0.2, 0.25) is 5.02 Å². The van der Waals surface area contributed by atoms with Crippen molar-refractivity contribution in [2.45, 2.75) is 24.8 Å². The van der Waals surface area contributed by atoms with E-state index in [-0.39, 0.29) is 27.8 Å². The SMILES string of the molecule is Cc1cc(NC(=O)c2ccc(Cl)c(S(=O)(=O)N3CCc4ccccc4C3)c2)no1. The van der Waals surface area contributed by atoms with E-state index in [0.717, 1.165) is 11.1 Å². The van der Waals surface area contributed by atoms with Gasteiger partial charge in [-0.1, -0.05) is 41.0 Å². The summed E-state index contributed by atoms with van der Waals surface area (Å²) in [6.45, 7) is 2.32. The van der Waals surface area contributed by atoms with E-state index < -0.39 is 15.9 Å². The van der Waals surface area contributed by atoms with Gasteiger partial charge in [0, 0.05) is 24.7 Å². The zero-order chi connectivity index (χ0) is 20.6. The lowest BCUT2D eigenvalue weighted by molar-refractivity contribution is 0.102. The minimum Gasteiger partial charge on any atom is -0.360 e. The lowest BCUT2D eigenvalue weighted by Crippen LogP contribution is -2.36. The second-order valence-electron chi connectivity index (χ2n) is 6.78. The van der Waals surface area contributed by atoms with E-state index in [2.05, 4.69) is 10.5 Å². The number of aromatic nitrogens is 1. The Balaban J connectivity index is 1.62. The van der Waals surface area contributed by atoms with Gasteiger partial charge in [-0.15, -0.1) is 0 Å². The Kier molecular flexibility index (Phi) is 5.16. The van der Waals surface area contributed by atoms with Crippen LogP contribution in [0.4, 0.5) is 5.82 Å². The molecular formula is C20H18ClN3O4S. The minimum absolute atomic E-state index is 0.0673. The third kappa shape index (κ3) is 3.91. The number of carbonyl (C=O) groups excluding carboxylic acids is 1. The highest BCUT2D eigenvalue weighted by atomic mass is 35.5. The predicted octanol–water partition coefficient (Wildman–Crippen LogP) is 3.64. The molecule has 1 aromatic heterocycles. The minimum atomic E-state index is -3.87. The van der Waals surface area contributed by atoms with Crippen molar-refractivity contribution in [3.63, 3.8) is 0 Å². The Hall–Kier alpha value is -2.68. The molecule has 150 valence electrons. The summed E-state index contributed by atoms with van der Waals surface area (Å²) in [6.07, 6.45) is 0.624. The number of hydrogen-bond acceptors (Lipinski definition) is 5. The van der Waals surface area contributed by atoms with Gasteiger partial charge in [-0.2, -0.15) is 4.31 Å². The summed E-state index contributed by atoms with van der Waals surface area (Å²) in [7, 11) is -3.87. The Morgan fingerprint density at radius 3 is 2.66 bits per heavy atom. The summed E-state index contributed by atoms with van der Waals surface area (Å²) in [4.78, 5) is 12.4. The molecule has 1 aliphatic rings. The molecule has 3 aromatic rings. The first-order valence-electron chi connectivity index (χ1n) is 8.96. The van der Waals surface area contributed by atoms with Crippen molar-refractivity contribution in [2.24, 2.45) is 0 Å². The van der Waals surface area contributed by atoms with Crippen LogP contribution in [0.3, 0.4) is 0 Å². The maximum atomic E-state index is 13.2. The van der Waals surface area contributed by atoms with Gasteiger partial charge in [0.25, 0.3) is 5.91 Å². The molecule has 0 saturated carbocycles. The number of benzene rings is 2. The van der Waals surface area contributed by atoms with Crippen LogP contribution < -0.4 is 5.32 Å². The highest BCUT2D eigenvalue weighted by Crippen LogP contribution is 2.30. The van der Waals surface area contributed by atoms with E-state index in [9.17, 15) is 13.2 Å². The Morgan fingerprint density at radius 1 is 1.17 bits per heavy atom. The van der Waals surface area contributed by atoms with Crippen molar-refractivity contribution < 1.29 is 17.7 Å². The van der Waals surface area contributed by atoms with E-state index >= 15 is 0 Å². The smallest absolute Gasteiger partial charge is 0.256 e. The van der Waals surface area contributed by atoms with Crippen LogP contribution in [0.1, 0.15) is 27.2 Å². The van der Waals surface area contributed by atoms with Crippen molar-refractivity contribution in [3.05, 3.63) is 76.0 Å². The number of carbonyl (C=O) groups is 1. The maximum absolute atomic E-state index is 13.2. The molecule has 4 rings (SSSR count). The van der Waals surface area contributed by atoms with Crippen molar-refractivity contribution in [1.29, 1.82) is 0 Å². The van der Waals surface area contributed by atoms with Gasteiger partial charge in [0.05, 0.1) is 5.02 Å². The molecule has 29 heavy (non-hydrogen) atoms. The van der Waals surface area contributed by atoms with E-state index in [1.807, 2.05) is 24.3 Å². The van der Waals surface area contributed by atoms with Crippen LogP contribution in [0, 0.1) is 6.92 Å². The monoisotopic (exact) mass is 431 g/mol. The molecule has 0 saturated heterocycles. The number of anilines is 1. The summed E-state index contributed by atoms with van der Waals surface area (Å²) >= 11 is 6.20. The number of hydrogen-bond donors (Lipinski definition) is 1. The molecule has 0 unspecified atom stereocenters. The first-order chi connectivity index (χ1) is 13.8. The van der Waals surface area contributed by atoms with E-state index in [1.54, 1.807) is 13.0 Å².